The summed E-state index contributed by atoms with van der Waals surface area (Å²) >= 11 is 6.19. The Morgan fingerprint density at radius 3 is 2.62 bits per heavy atom. The smallest absolute Gasteiger partial charge is 0.271 e. The van der Waals surface area contributed by atoms with E-state index < -0.39 is 0 Å². The zero-order valence-corrected chi connectivity index (χ0v) is 15.0. The third-order valence-electron chi connectivity index (χ3n) is 4.87. The minimum absolute atomic E-state index is 0.109. The van der Waals surface area contributed by atoms with Gasteiger partial charge in [-0.25, -0.2) is 0 Å². The molecule has 0 bridgehead atoms. The Kier molecular flexibility index (Phi) is 4.17. The van der Waals surface area contributed by atoms with Crippen molar-refractivity contribution >= 4 is 34.3 Å². The number of fused-ring (bicyclic) bond motifs is 1. The van der Waals surface area contributed by atoms with Gasteiger partial charge in [0.2, 0.25) is 5.91 Å². The maximum atomic E-state index is 12.5. The number of carbonyl (C=O) groups is 2. The van der Waals surface area contributed by atoms with Crippen molar-refractivity contribution in [3.63, 3.8) is 0 Å². The molecule has 2 atom stereocenters. The average Bonchev–Trinajstić information content (AvgIpc) is 3.38. The van der Waals surface area contributed by atoms with Crippen LogP contribution in [0.3, 0.4) is 0 Å². The van der Waals surface area contributed by atoms with E-state index in [0.29, 0.717) is 10.6 Å². The van der Waals surface area contributed by atoms with Gasteiger partial charge in [-0.05, 0) is 30.0 Å². The lowest BCUT2D eigenvalue weighted by Gasteiger charge is -2.07. The Morgan fingerprint density at radius 1 is 1.08 bits per heavy atom. The molecule has 2 N–H and O–H groups in total. The number of nitrogens with zero attached hydrogens (tertiary/aromatic N) is 1. The molecule has 5 nitrogen and oxygen atoms in total. The molecule has 0 aliphatic heterocycles. The Morgan fingerprint density at radius 2 is 1.81 bits per heavy atom. The SMILES string of the molecule is Cn1cc(C(=O)NNC(=O)C2CC2c2ccccc2Cl)c2ccccc21. The number of aryl methyl sites for hydroxylation is 1. The lowest BCUT2D eigenvalue weighted by atomic mass is 10.1. The van der Waals surface area contributed by atoms with Crippen molar-refractivity contribution in [2.45, 2.75) is 12.3 Å². The number of hydrogen-bond donors (Lipinski definition) is 2. The van der Waals surface area contributed by atoms with Crippen LogP contribution in [0, 0.1) is 5.92 Å². The van der Waals surface area contributed by atoms with Crippen molar-refractivity contribution in [3.05, 3.63) is 70.9 Å². The zero-order valence-electron chi connectivity index (χ0n) is 14.2. The number of amides is 2. The van der Waals surface area contributed by atoms with Gasteiger partial charge < -0.3 is 4.57 Å². The number of carbonyl (C=O) groups excluding carboxylic acids is 2. The van der Waals surface area contributed by atoms with E-state index in [1.54, 1.807) is 6.20 Å². The minimum Gasteiger partial charge on any atom is -0.350 e. The van der Waals surface area contributed by atoms with Gasteiger partial charge in [0.05, 0.1) is 5.56 Å². The molecule has 1 heterocycles. The first-order chi connectivity index (χ1) is 12.6. The molecule has 1 saturated carbocycles. The summed E-state index contributed by atoms with van der Waals surface area (Å²) in [5.74, 6) is -0.575. The molecule has 1 aromatic heterocycles. The second kappa shape index (κ2) is 6.50. The fourth-order valence-corrected chi connectivity index (χ4v) is 3.68. The lowest BCUT2D eigenvalue weighted by Crippen LogP contribution is -2.42. The Labute approximate surface area is 155 Å². The number of halogens is 1. The van der Waals surface area contributed by atoms with E-state index in [2.05, 4.69) is 10.9 Å². The van der Waals surface area contributed by atoms with Crippen LogP contribution < -0.4 is 10.9 Å². The molecule has 6 heteroatoms. The van der Waals surface area contributed by atoms with Gasteiger partial charge >= 0.3 is 0 Å². The van der Waals surface area contributed by atoms with Gasteiger partial charge in [-0.15, -0.1) is 0 Å². The van der Waals surface area contributed by atoms with Crippen molar-refractivity contribution < 1.29 is 9.59 Å². The number of rotatable bonds is 3. The largest absolute Gasteiger partial charge is 0.350 e. The maximum absolute atomic E-state index is 12.5. The van der Waals surface area contributed by atoms with Crippen LogP contribution in [-0.2, 0) is 11.8 Å². The Balaban J connectivity index is 1.41. The van der Waals surface area contributed by atoms with Crippen molar-refractivity contribution in [2.24, 2.45) is 13.0 Å². The fourth-order valence-electron chi connectivity index (χ4n) is 3.41. The van der Waals surface area contributed by atoms with Gasteiger partial charge in [0.1, 0.15) is 0 Å². The van der Waals surface area contributed by atoms with Crippen LogP contribution in [0.25, 0.3) is 10.9 Å². The van der Waals surface area contributed by atoms with E-state index in [1.807, 2.05) is 60.1 Å². The first-order valence-corrected chi connectivity index (χ1v) is 8.82. The number of para-hydroxylation sites is 1. The third kappa shape index (κ3) is 2.95. The molecule has 3 aromatic rings. The van der Waals surface area contributed by atoms with Crippen LogP contribution >= 0.6 is 11.6 Å². The summed E-state index contributed by atoms with van der Waals surface area (Å²) in [6, 6.07) is 15.2. The highest BCUT2D eigenvalue weighted by molar-refractivity contribution is 6.31. The standard InChI is InChI=1S/C20H18ClN3O2/c1-24-11-16(13-7-3-5-9-18(13)24)20(26)23-22-19(25)15-10-14(15)12-6-2-4-8-17(12)21/h2-9,11,14-15H,10H2,1H3,(H,22,25)(H,23,26). The lowest BCUT2D eigenvalue weighted by molar-refractivity contribution is -0.123. The Bertz CT molecular complexity index is 1010. The maximum Gasteiger partial charge on any atom is 0.271 e. The van der Waals surface area contributed by atoms with Gasteiger partial charge in [-0.3, -0.25) is 20.4 Å². The topological polar surface area (TPSA) is 63.1 Å². The van der Waals surface area contributed by atoms with Gasteiger partial charge in [0, 0.05) is 35.1 Å². The normalized spacial score (nSPS) is 18.5. The van der Waals surface area contributed by atoms with Crippen LogP contribution in [0.2, 0.25) is 5.02 Å². The van der Waals surface area contributed by atoms with E-state index in [0.717, 1.165) is 22.9 Å². The molecule has 2 amide bonds. The van der Waals surface area contributed by atoms with Crippen LogP contribution in [0.5, 0.6) is 0 Å². The van der Waals surface area contributed by atoms with Crippen molar-refractivity contribution in [1.82, 2.24) is 15.4 Å². The van der Waals surface area contributed by atoms with Crippen molar-refractivity contribution in [1.29, 1.82) is 0 Å². The van der Waals surface area contributed by atoms with E-state index in [9.17, 15) is 9.59 Å². The van der Waals surface area contributed by atoms with Crippen LogP contribution in [0.4, 0.5) is 0 Å². The molecule has 1 aliphatic rings. The van der Waals surface area contributed by atoms with Crippen LogP contribution in [0.1, 0.15) is 28.3 Å². The van der Waals surface area contributed by atoms with Gasteiger partial charge in [0.15, 0.2) is 0 Å². The highest BCUT2D eigenvalue weighted by atomic mass is 35.5. The van der Waals surface area contributed by atoms with E-state index in [-0.39, 0.29) is 23.7 Å². The van der Waals surface area contributed by atoms with Crippen LogP contribution in [-0.4, -0.2) is 16.4 Å². The fraction of sp³-hybridized carbons (Fsp3) is 0.200. The van der Waals surface area contributed by atoms with Crippen LogP contribution in [0.15, 0.2) is 54.7 Å². The monoisotopic (exact) mass is 367 g/mol. The summed E-state index contributed by atoms with van der Waals surface area (Å²) in [4.78, 5) is 24.8. The van der Waals surface area contributed by atoms with Gasteiger partial charge in [0.25, 0.3) is 5.91 Å². The molecule has 1 aliphatic carbocycles. The van der Waals surface area contributed by atoms with Crippen molar-refractivity contribution in [2.75, 3.05) is 0 Å². The molecule has 0 saturated heterocycles. The Hall–Kier alpha value is -2.79. The third-order valence-corrected chi connectivity index (χ3v) is 5.22. The van der Waals surface area contributed by atoms with E-state index >= 15 is 0 Å². The first kappa shape index (κ1) is 16.7. The van der Waals surface area contributed by atoms with E-state index in [4.69, 9.17) is 11.6 Å². The summed E-state index contributed by atoms with van der Waals surface area (Å²) < 4.78 is 1.89. The molecule has 0 radical (unpaired) electrons. The van der Waals surface area contributed by atoms with Crippen molar-refractivity contribution in [3.8, 4) is 0 Å². The predicted molar refractivity (Wildman–Crippen MR) is 101 cm³/mol. The number of nitrogens with one attached hydrogen (secondary N) is 2. The predicted octanol–water partition coefficient (Wildman–Crippen LogP) is 3.40. The summed E-state index contributed by atoms with van der Waals surface area (Å²) in [7, 11) is 1.89. The summed E-state index contributed by atoms with van der Waals surface area (Å²) in [5.41, 5.74) is 7.55. The quantitative estimate of drug-likeness (QED) is 0.697. The molecule has 132 valence electrons. The summed E-state index contributed by atoms with van der Waals surface area (Å²) in [6.07, 6.45) is 2.50. The zero-order chi connectivity index (χ0) is 18.3. The summed E-state index contributed by atoms with van der Waals surface area (Å²) in [5, 5.41) is 1.52. The molecule has 2 aromatic carbocycles. The second-order valence-electron chi connectivity index (χ2n) is 6.58. The second-order valence-corrected chi connectivity index (χ2v) is 6.99. The number of hydrazine groups is 1. The molecular weight excluding hydrogens is 350 g/mol. The molecule has 4 rings (SSSR count). The molecular formula is C20H18ClN3O2. The van der Waals surface area contributed by atoms with Gasteiger partial charge in [-0.1, -0.05) is 48.0 Å². The number of benzene rings is 2. The minimum atomic E-state index is -0.329. The highest BCUT2D eigenvalue weighted by Gasteiger charge is 2.44. The average molecular weight is 368 g/mol. The number of hydrogen-bond acceptors (Lipinski definition) is 2. The first-order valence-electron chi connectivity index (χ1n) is 8.45. The van der Waals surface area contributed by atoms with Gasteiger partial charge in [-0.2, -0.15) is 0 Å². The van der Waals surface area contributed by atoms with E-state index in [1.165, 1.54) is 0 Å². The molecule has 1 fully saturated rings. The summed E-state index contributed by atoms with van der Waals surface area (Å²) in [6.45, 7) is 0. The molecule has 2 unspecified atom stereocenters. The number of aromatic nitrogens is 1. The molecule has 0 spiro atoms. The highest BCUT2D eigenvalue weighted by Crippen LogP contribution is 2.49. The molecule has 26 heavy (non-hydrogen) atoms.